The van der Waals surface area contributed by atoms with Gasteiger partial charge >= 0.3 is 11.9 Å². The maximum absolute atomic E-state index is 13.5. The lowest BCUT2D eigenvalue weighted by Gasteiger charge is -2.49. The molecule has 3 rings (SSSR count). The number of hydrogen-bond donors (Lipinski definition) is 3. The molecule has 9 atom stereocenters. The topological polar surface area (TPSA) is 113 Å². The van der Waals surface area contributed by atoms with Gasteiger partial charge in [0.2, 0.25) is 0 Å². The van der Waals surface area contributed by atoms with Crippen LogP contribution in [-0.2, 0) is 19.1 Å². The molecule has 32 heavy (non-hydrogen) atoms. The van der Waals surface area contributed by atoms with Gasteiger partial charge in [0.1, 0.15) is 12.2 Å². The summed E-state index contributed by atoms with van der Waals surface area (Å²) in [6, 6.07) is 0. The minimum Gasteiger partial charge on any atom is -0.462 e. The number of ether oxygens (including phenoxy) is 2. The molecule has 182 valence electrons. The van der Waals surface area contributed by atoms with E-state index in [0.717, 1.165) is 0 Å². The molecule has 1 aliphatic heterocycles. The molecule has 2 fully saturated rings. The monoisotopic (exact) mass is 458 g/mol. The Morgan fingerprint density at radius 3 is 2.59 bits per heavy atom. The molecule has 0 amide bonds. The number of cyclic esters (lactones) is 1. The van der Waals surface area contributed by atoms with Gasteiger partial charge in [-0.05, 0) is 62.7 Å². The molecule has 3 aliphatic rings. The molecule has 2 unspecified atom stereocenters. The second-order valence-electron chi connectivity index (χ2n) is 9.85. The molecule has 0 bridgehead atoms. The molecule has 0 aromatic rings. The van der Waals surface area contributed by atoms with Gasteiger partial charge in [-0.1, -0.05) is 26.8 Å². The molecule has 1 heterocycles. The van der Waals surface area contributed by atoms with Crippen LogP contribution >= 0.6 is 0 Å². The van der Waals surface area contributed by atoms with Crippen molar-refractivity contribution in [3.05, 3.63) is 11.6 Å². The molecular weight excluding hydrogens is 412 g/mol. The second kappa shape index (κ2) is 9.82. The van der Waals surface area contributed by atoms with Crippen LogP contribution in [0.4, 0.5) is 0 Å². The first-order valence-electron chi connectivity index (χ1n) is 14.6. The Balaban J connectivity index is 1.95. The number of carbonyl (C=O) groups is 2. The molecule has 7 heteroatoms. The molecule has 0 aromatic carbocycles. The molecule has 3 N–H and O–H groups in total. The zero-order valence-electron chi connectivity index (χ0n) is 25.0. The van der Waals surface area contributed by atoms with Crippen LogP contribution in [0.15, 0.2) is 11.6 Å². The summed E-state index contributed by atoms with van der Waals surface area (Å²) in [6.45, 7) is -1.41. The average molecular weight is 459 g/mol. The fourth-order valence-electron chi connectivity index (χ4n) is 5.41. The summed E-state index contributed by atoms with van der Waals surface area (Å²) >= 11 is 0. The number of esters is 2. The third kappa shape index (κ3) is 5.20. The standard InChI is InChI=1S/C25H40O7/c1-6-25(4,5)24(30)32-20-9-13(2)23(29)18-12-19(27)14(3)17(22(18)20)8-7-16-10-15(26)11-21(28)31-16/h12-17,19-20,22-23,26-27,29H,6-11H2,1-5H3/t13-,14-,15-,16+,17+,19?,20+,22-,23?/m1/s1/i4D3,5D3. The maximum atomic E-state index is 13.5. The van der Waals surface area contributed by atoms with E-state index in [-0.39, 0.29) is 31.1 Å². The number of carbonyl (C=O) groups excluding carboxylic acids is 2. The number of hydrogen-bond acceptors (Lipinski definition) is 7. The van der Waals surface area contributed by atoms with Crippen LogP contribution in [0.1, 0.15) is 81.2 Å². The van der Waals surface area contributed by atoms with E-state index in [0.29, 0.717) is 18.4 Å². The quantitative estimate of drug-likeness (QED) is 0.414. The van der Waals surface area contributed by atoms with Crippen molar-refractivity contribution in [2.75, 3.05) is 0 Å². The van der Waals surface area contributed by atoms with Gasteiger partial charge < -0.3 is 24.8 Å². The fourth-order valence-corrected chi connectivity index (χ4v) is 5.41. The van der Waals surface area contributed by atoms with Crippen LogP contribution < -0.4 is 0 Å². The van der Waals surface area contributed by atoms with E-state index in [1.165, 1.54) is 6.92 Å². The van der Waals surface area contributed by atoms with Gasteiger partial charge in [-0.3, -0.25) is 9.59 Å². The van der Waals surface area contributed by atoms with Crippen molar-refractivity contribution in [1.29, 1.82) is 0 Å². The summed E-state index contributed by atoms with van der Waals surface area (Å²) in [4.78, 5) is 25.3. The van der Waals surface area contributed by atoms with Crippen LogP contribution in [0, 0.1) is 29.1 Å². The van der Waals surface area contributed by atoms with Gasteiger partial charge in [0.25, 0.3) is 0 Å². The molecule has 1 saturated heterocycles. The first-order chi connectivity index (χ1) is 17.4. The summed E-state index contributed by atoms with van der Waals surface area (Å²) in [6.07, 6.45) is -1.89. The van der Waals surface area contributed by atoms with E-state index in [9.17, 15) is 24.9 Å². The van der Waals surface area contributed by atoms with Crippen LogP contribution in [0.3, 0.4) is 0 Å². The normalized spacial score (nSPS) is 43.8. The molecular formula is C25H40O7. The molecule has 2 aliphatic carbocycles. The zero-order valence-corrected chi connectivity index (χ0v) is 19.0. The van der Waals surface area contributed by atoms with E-state index in [4.69, 9.17) is 17.7 Å². The number of rotatable bonds is 6. The van der Waals surface area contributed by atoms with Crippen molar-refractivity contribution in [2.24, 2.45) is 29.1 Å². The minimum absolute atomic E-state index is 0.0706. The smallest absolute Gasteiger partial charge is 0.311 e. The summed E-state index contributed by atoms with van der Waals surface area (Å²) in [7, 11) is 0. The molecule has 7 nitrogen and oxygen atoms in total. The predicted octanol–water partition coefficient (Wildman–Crippen LogP) is 2.75. The van der Waals surface area contributed by atoms with Gasteiger partial charge in [0.15, 0.2) is 0 Å². The molecule has 0 aromatic heterocycles. The average Bonchev–Trinajstić information content (AvgIpc) is 2.76. The Morgan fingerprint density at radius 2 is 1.97 bits per heavy atom. The number of aliphatic hydroxyl groups is 3. The van der Waals surface area contributed by atoms with E-state index < -0.39 is 79.8 Å². The summed E-state index contributed by atoms with van der Waals surface area (Å²) in [5.74, 6) is -3.53. The lowest BCUT2D eigenvalue weighted by atomic mass is 9.61. The van der Waals surface area contributed by atoms with Crippen molar-refractivity contribution in [3.63, 3.8) is 0 Å². The summed E-state index contributed by atoms with van der Waals surface area (Å²) in [5, 5.41) is 31.8. The van der Waals surface area contributed by atoms with Crippen molar-refractivity contribution in [3.8, 4) is 0 Å². The Bertz CT molecular complexity index is 903. The zero-order chi connectivity index (χ0) is 28.8. The maximum Gasteiger partial charge on any atom is 0.311 e. The molecule has 0 radical (unpaired) electrons. The fraction of sp³-hybridized carbons (Fsp3) is 0.840. The van der Waals surface area contributed by atoms with Crippen molar-refractivity contribution in [2.45, 2.75) is 104 Å². The molecule has 1 saturated carbocycles. The van der Waals surface area contributed by atoms with Gasteiger partial charge in [0.05, 0.1) is 30.1 Å². The molecule has 0 spiro atoms. The highest BCUT2D eigenvalue weighted by atomic mass is 16.6. The van der Waals surface area contributed by atoms with Gasteiger partial charge in [0, 0.05) is 20.6 Å². The largest absolute Gasteiger partial charge is 0.462 e. The van der Waals surface area contributed by atoms with Crippen LogP contribution in [0.5, 0.6) is 0 Å². The first-order valence-corrected chi connectivity index (χ1v) is 11.6. The van der Waals surface area contributed by atoms with Crippen molar-refractivity contribution < 1.29 is 42.6 Å². The Labute approximate surface area is 199 Å². The highest BCUT2D eigenvalue weighted by molar-refractivity contribution is 5.76. The Morgan fingerprint density at radius 1 is 1.25 bits per heavy atom. The minimum atomic E-state index is -3.15. The van der Waals surface area contributed by atoms with Crippen LogP contribution in [-0.4, -0.2) is 57.8 Å². The predicted molar refractivity (Wildman–Crippen MR) is 118 cm³/mol. The van der Waals surface area contributed by atoms with E-state index in [1.807, 2.05) is 6.92 Å². The van der Waals surface area contributed by atoms with Gasteiger partial charge in [-0.15, -0.1) is 0 Å². The number of fused-ring (bicyclic) bond motifs is 1. The third-order valence-corrected chi connectivity index (χ3v) is 7.50. The highest BCUT2D eigenvalue weighted by Crippen LogP contribution is 2.48. The van der Waals surface area contributed by atoms with Gasteiger partial charge in [-0.25, -0.2) is 0 Å². The lowest BCUT2D eigenvalue weighted by molar-refractivity contribution is -0.169. The Kier molecular flexibility index (Phi) is 5.51. The third-order valence-electron chi connectivity index (χ3n) is 7.50. The summed E-state index contributed by atoms with van der Waals surface area (Å²) < 4.78 is 58.8. The highest BCUT2D eigenvalue weighted by Gasteiger charge is 2.49. The van der Waals surface area contributed by atoms with Crippen LogP contribution in [0.25, 0.3) is 0 Å². The van der Waals surface area contributed by atoms with E-state index in [1.54, 1.807) is 13.0 Å². The number of aliphatic hydroxyl groups excluding tert-OH is 3. The second-order valence-corrected chi connectivity index (χ2v) is 9.85. The van der Waals surface area contributed by atoms with E-state index in [2.05, 4.69) is 0 Å². The van der Waals surface area contributed by atoms with Crippen molar-refractivity contribution >= 4 is 11.9 Å². The van der Waals surface area contributed by atoms with Gasteiger partial charge in [-0.2, -0.15) is 0 Å². The summed E-state index contributed by atoms with van der Waals surface area (Å²) in [5.41, 5.74) is -2.24. The SMILES string of the molecule is [2H]C([2H])([2H])C(CC)(C(=O)O[C@H]1C[C@@H](C)C(O)C2=CC(O)[C@H](C)[C@H](CC[C@H]3C[C@@H](O)CC(=O)O3)[C@H]21)C([2H])([2H])[2H]. The lowest BCUT2D eigenvalue weighted by Crippen LogP contribution is -2.51. The van der Waals surface area contributed by atoms with Crippen molar-refractivity contribution in [1.82, 2.24) is 0 Å². The van der Waals surface area contributed by atoms with Crippen LogP contribution in [0.2, 0.25) is 0 Å². The van der Waals surface area contributed by atoms with E-state index >= 15 is 0 Å². The first kappa shape index (κ1) is 18.0. The Hall–Kier alpha value is -1.44.